The van der Waals surface area contributed by atoms with Gasteiger partial charge in [-0.3, -0.25) is 4.79 Å². The molecule has 0 saturated carbocycles. The minimum Gasteiger partial charge on any atom is -0.350 e. The summed E-state index contributed by atoms with van der Waals surface area (Å²) in [5, 5.41) is 9.87. The highest BCUT2D eigenvalue weighted by Crippen LogP contribution is 2.28. The molecule has 0 aliphatic carbocycles. The summed E-state index contributed by atoms with van der Waals surface area (Å²) in [6.07, 6.45) is 1.71. The second-order valence-corrected chi connectivity index (χ2v) is 6.44. The first-order chi connectivity index (χ1) is 12.1. The van der Waals surface area contributed by atoms with E-state index in [0.29, 0.717) is 24.3 Å². The SMILES string of the molecule is C=CCN(Cc1ccc(C#N)cc1)C(=O)c1[nH]c2ccccc2c1Br. The van der Waals surface area contributed by atoms with Crippen molar-refractivity contribution >= 4 is 32.7 Å². The molecule has 0 bridgehead atoms. The van der Waals surface area contributed by atoms with Gasteiger partial charge in [-0.25, -0.2) is 0 Å². The fourth-order valence-electron chi connectivity index (χ4n) is 2.69. The molecular weight excluding hydrogens is 378 g/mol. The lowest BCUT2D eigenvalue weighted by Crippen LogP contribution is -2.31. The molecule has 5 heteroatoms. The third-order valence-corrected chi connectivity index (χ3v) is 4.77. The molecule has 0 saturated heterocycles. The van der Waals surface area contributed by atoms with Crippen LogP contribution in [-0.2, 0) is 6.54 Å². The van der Waals surface area contributed by atoms with Crippen LogP contribution in [0.1, 0.15) is 21.6 Å². The fourth-order valence-corrected chi connectivity index (χ4v) is 3.31. The Labute approximate surface area is 154 Å². The van der Waals surface area contributed by atoms with Crippen LogP contribution >= 0.6 is 15.9 Å². The van der Waals surface area contributed by atoms with E-state index in [1.54, 1.807) is 23.1 Å². The van der Waals surface area contributed by atoms with Crippen LogP contribution in [0.2, 0.25) is 0 Å². The highest BCUT2D eigenvalue weighted by Gasteiger charge is 2.21. The van der Waals surface area contributed by atoms with Gasteiger partial charge in [0.2, 0.25) is 0 Å². The second-order valence-electron chi connectivity index (χ2n) is 5.64. The summed E-state index contributed by atoms with van der Waals surface area (Å²) in [7, 11) is 0. The van der Waals surface area contributed by atoms with Crippen LogP contribution in [0.25, 0.3) is 10.9 Å². The number of nitrogens with zero attached hydrogens (tertiary/aromatic N) is 2. The molecule has 1 aromatic heterocycles. The molecule has 0 unspecified atom stereocenters. The number of nitrogens with one attached hydrogen (secondary N) is 1. The van der Waals surface area contributed by atoms with E-state index in [4.69, 9.17) is 5.26 Å². The molecule has 1 amide bonds. The number of carbonyl (C=O) groups is 1. The van der Waals surface area contributed by atoms with Crippen molar-refractivity contribution in [2.75, 3.05) is 6.54 Å². The standard InChI is InChI=1S/C20H16BrN3O/c1-2-11-24(13-15-9-7-14(12-22)8-10-15)20(25)19-18(21)16-5-3-4-6-17(16)23-19/h2-10,23H,1,11,13H2. The molecule has 3 aromatic rings. The zero-order valence-electron chi connectivity index (χ0n) is 13.5. The first kappa shape index (κ1) is 17.0. The largest absolute Gasteiger partial charge is 0.350 e. The second kappa shape index (κ2) is 7.37. The number of carbonyl (C=O) groups excluding carboxylic acids is 1. The summed E-state index contributed by atoms with van der Waals surface area (Å²) in [6, 6.07) is 17.1. The molecule has 0 spiro atoms. The summed E-state index contributed by atoms with van der Waals surface area (Å²) >= 11 is 3.54. The maximum absolute atomic E-state index is 13.0. The molecule has 25 heavy (non-hydrogen) atoms. The number of hydrogen-bond donors (Lipinski definition) is 1. The van der Waals surface area contributed by atoms with Crippen molar-refractivity contribution in [1.82, 2.24) is 9.88 Å². The Morgan fingerprint density at radius 1 is 1.24 bits per heavy atom. The number of hydrogen-bond acceptors (Lipinski definition) is 2. The third kappa shape index (κ3) is 3.49. The Morgan fingerprint density at radius 2 is 1.96 bits per heavy atom. The lowest BCUT2D eigenvalue weighted by Gasteiger charge is -2.21. The average Bonchev–Trinajstić information content (AvgIpc) is 2.98. The molecule has 124 valence electrons. The number of amides is 1. The van der Waals surface area contributed by atoms with Crippen LogP contribution in [0.4, 0.5) is 0 Å². The molecule has 0 atom stereocenters. The van der Waals surface area contributed by atoms with Gasteiger partial charge in [0.15, 0.2) is 0 Å². The van der Waals surface area contributed by atoms with Crippen molar-refractivity contribution in [1.29, 1.82) is 5.26 Å². The van der Waals surface area contributed by atoms with E-state index in [2.05, 4.69) is 33.6 Å². The van der Waals surface area contributed by atoms with Gasteiger partial charge in [-0.15, -0.1) is 6.58 Å². The van der Waals surface area contributed by atoms with E-state index < -0.39 is 0 Å². The van der Waals surface area contributed by atoms with Crippen molar-refractivity contribution < 1.29 is 4.79 Å². The summed E-state index contributed by atoms with van der Waals surface area (Å²) in [5.41, 5.74) is 3.00. The van der Waals surface area contributed by atoms with Crippen molar-refractivity contribution in [3.8, 4) is 6.07 Å². The number of H-pyrrole nitrogens is 1. The van der Waals surface area contributed by atoms with Crippen LogP contribution < -0.4 is 0 Å². The van der Waals surface area contributed by atoms with E-state index in [9.17, 15) is 4.79 Å². The zero-order chi connectivity index (χ0) is 17.8. The van der Waals surface area contributed by atoms with Gasteiger partial charge in [-0.1, -0.05) is 36.4 Å². The Kier molecular flexibility index (Phi) is 5.01. The molecule has 0 aliphatic rings. The topological polar surface area (TPSA) is 59.9 Å². The van der Waals surface area contributed by atoms with Gasteiger partial charge in [0.1, 0.15) is 5.69 Å². The summed E-state index contributed by atoms with van der Waals surface area (Å²) in [5.74, 6) is -0.104. The Balaban J connectivity index is 1.90. The quantitative estimate of drug-likeness (QED) is 0.642. The highest BCUT2D eigenvalue weighted by molar-refractivity contribution is 9.10. The van der Waals surface area contributed by atoms with Crippen LogP contribution in [-0.4, -0.2) is 22.3 Å². The van der Waals surface area contributed by atoms with E-state index in [1.165, 1.54) is 0 Å². The minimum absolute atomic E-state index is 0.104. The Morgan fingerprint density at radius 3 is 2.60 bits per heavy atom. The van der Waals surface area contributed by atoms with Gasteiger partial charge in [0.25, 0.3) is 5.91 Å². The Hall–Kier alpha value is -2.84. The molecule has 4 nitrogen and oxygen atoms in total. The molecule has 1 heterocycles. The number of rotatable bonds is 5. The smallest absolute Gasteiger partial charge is 0.272 e. The maximum Gasteiger partial charge on any atom is 0.272 e. The zero-order valence-corrected chi connectivity index (χ0v) is 15.1. The lowest BCUT2D eigenvalue weighted by molar-refractivity contribution is 0.0757. The molecule has 1 N–H and O–H groups in total. The Bertz CT molecular complexity index is 967. The highest BCUT2D eigenvalue weighted by atomic mass is 79.9. The maximum atomic E-state index is 13.0. The average molecular weight is 394 g/mol. The lowest BCUT2D eigenvalue weighted by atomic mass is 10.1. The molecule has 3 rings (SSSR count). The van der Waals surface area contributed by atoms with Gasteiger partial charge in [0.05, 0.1) is 16.1 Å². The number of para-hydroxylation sites is 1. The number of aromatic amines is 1. The van der Waals surface area contributed by atoms with Crippen LogP contribution in [0, 0.1) is 11.3 Å². The predicted molar refractivity (Wildman–Crippen MR) is 102 cm³/mol. The number of nitriles is 1. The van der Waals surface area contributed by atoms with Crippen molar-refractivity contribution in [3.63, 3.8) is 0 Å². The fraction of sp³-hybridized carbons (Fsp3) is 0.100. The van der Waals surface area contributed by atoms with Crippen LogP contribution in [0.3, 0.4) is 0 Å². The number of halogens is 1. The minimum atomic E-state index is -0.104. The van der Waals surface area contributed by atoms with E-state index in [-0.39, 0.29) is 5.91 Å². The van der Waals surface area contributed by atoms with Crippen molar-refractivity contribution in [2.24, 2.45) is 0 Å². The molecule has 0 aliphatic heterocycles. The van der Waals surface area contributed by atoms with Gasteiger partial charge in [-0.05, 0) is 39.7 Å². The monoisotopic (exact) mass is 393 g/mol. The van der Waals surface area contributed by atoms with Gasteiger partial charge >= 0.3 is 0 Å². The van der Waals surface area contributed by atoms with Gasteiger partial charge in [0, 0.05) is 24.0 Å². The molecule has 0 fully saturated rings. The summed E-state index contributed by atoms with van der Waals surface area (Å²) in [6.45, 7) is 4.63. The van der Waals surface area contributed by atoms with Crippen molar-refractivity contribution in [3.05, 3.63) is 82.5 Å². The normalized spacial score (nSPS) is 10.4. The number of fused-ring (bicyclic) bond motifs is 1. The number of benzene rings is 2. The first-order valence-corrected chi connectivity index (χ1v) is 8.58. The summed E-state index contributed by atoms with van der Waals surface area (Å²) < 4.78 is 0.766. The summed E-state index contributed by atoms with van der Waals surface area (Å²) in [4.78, 5) is 17.9. The predicted octanol–water partition coefficient (Wildman–Crippen LogP) is 4.63. The molecule has 0 radical (unpaired) electrons. The van der Waals surface area contributed by atoms with Gasteiger partial charge in [-0.2, -0.15) is 5.26 Å². The number of aromatic nitrogens is 1. The van der Waals surface area contributed by atoms with E-state index in [1.807, 2.05) is 36.4 Å². The third-order valence-electron chi connectivity index (χ3n) is 3.95. The van der Waals surface area contributed by atoms with Crippen LogP contribution in [0.5, 0.6) is 0 Å². The first-order valence-electron chi connectivity index (χ1n) is 7.79. The molecular formula is C20H16BrN3O. The van der Waals surface area contributed by atoms with Gasteiger partial charge < -0.3 is 9.88 Å². The van der Waals surface area contributed by atoms with E-state index in [0.717, 1.165) is 20.9 Å². The van der Waals surface area contributed by atoms with Crippen LogP contribution in [0.15, 0.2) is 65.7 Å². The van der Waals surface area contributed by atoms with E-state index >= 15 is 0 Å². The van der Waals surface area contributed by atoms with Crippen molar-refractivity contribution in [2.45, 2.75) is 6.54 Å². The molecule has 2 aromatic carbocycles.